The molecule has 178 valence electrons. The zero-order valence-electron chi connectivity index (χ0n) is 18.1. The molecule has 1 fully saturated rings. The lowest BCUT2D eigenvalue weighted by atomic mass is 9.91. The zero-order chi connectivity index (χ0) is 23.3. The minimum absolute atomic E-state index is 0.0607. The lowest BCUT2D eigenvalue weighted by Gasteiger charge is -2.23. The Morgan fingerprint density at radius 2 is 2.00 bits per heavy atom. The Balaban J connectivity index is 1.71. The molecular formula is C23H33ClN2O5S. The first-order chi connectivity index (χ1) is 15.4. The Bertz CT molecular complexity index is 764. The van der Waals surface area contributed by atoms with Crippen molar-refractivity contribution >= 4 is 34.9 Å². The third kappa shape index (κ3) is 9.42. The molecule has 1 aromatic rings. The number of rotatable bonds is 12. The Morgan fingerprint density at radius 1 is 1.22 bits per heavy atom. The lowest BCUT2D eigenvalue weighted by Crippen LogP contribution is -2.31. The fourth-order valence-electron chi connectivity index (χ4n) is 3.81. The summed E-state index contributed by atoms with van der Waals surface area (Å²) in [5.74, 6) is -0.409. The molecule has 1 aliphatic rings. The van der Waals surface area contributed by atoms with E-state index in [1.807, 2.05) is 30.4 Å². The molecule has 9 heteroatoms. The van der Waals surface area contributed by atoms with E-state index in [-0.39, 0.29) is 42.7 Å². The summed E-state index contributed by atoms with van der Waals surface area (Å²) in [6.45, 7) is 0.928. The van der Waals surface area contributed by atoms with Crippen LogP contribution in [0.1, 0.15) is 37.7 Å². The SMILES string of the molecule is O=C(CCC/C=C/CC1C(O)CC(O)C1COC(=S)NCc1cccc(Cl)c1)NCCO. The van der Waals surface area contributed by atoms with Crippen molar-refractivity contribution in [1.29, 1.82) is 0 Å². The van der Waals surface area contributed by atoms with Crippen molar-refractivity contribution < 1.29 is 24.9 Å². The zero-order valence-corrected chi connectivity index (χ0v) is 19.7. The molecule has 4 atom stereocenters. The lowest BCUT2D eigenvalue weighted by molar-refractivity contribution is -0.121. The highest BCUT2D eigenvalue weighted by Gasteiger charge is 2.41. The van der Waals surface area contributed by atoms with E-state index in [0.717, 1.165) is 12.0 Å². The van der Waals surface area contributed by atoms with Gasteiger partial charge in [-0.1, -0.05) is 35.9 Å². The van der Waals surface area contributed by atoms with Gasteiger partial charge in [0.2, 0.25) is 5.91 Å². The number of hydrogen-bond donors (Lipinski definition) is 5. The van der Waals surface area contributed by atoms with Gasteiger partial charge in [0, 0.05) is 30.5 Å². The third-order valence-electron chi connectivity index (χ3n) is 5.54. The molecule has 7 nitrogen and oxygen atoms in total. The highest BCUT2D eigenvalue weighted by atomic mass is 35.5. The summed E-state index contributed by atoms with van der Waals surface area (Å²) in [4.78, 5) is 11.5. The minimum Gasteiger partial charge on any atom is -0.471 e. The van der Waals surface area contributed by atoms with Crippen molar-refractivity contribution in [1.82, 2.24) is 10.6 Å². The average Bonchev–Trinajstić information content (AvgIpc) is 3.03. The number of ether oxygens (including phenoxy) is 1. The standard InChI is InChI=1S/C23H33ClN2O5S/c24-17-7-5-6-16(12-17)14-26-23(32)31-15-19-18(20(28)13-21(19)29)8-3-1-2-4-9-22(30)25-10-11-27/h1,3,5-7,12,18-21,27-29H,2,4,8-11,13-15H2,(H,25,30)(H,26,32)/b3-1+. The van der Waals surface area contributed by atoms with Crippen LogP contribution in [-0.2, 0) is 16.1 Å². The number of unbranched alkanes of at least 4 members (excludes halogenated alkanes) is 1. The van der Waals surface area contributed by atoms with E-state index in [1.165, 1.54) is 0 Å². The van der Waals surface area contributed by atoms with Crippen molar-refractivity contribution in [2.45, 2.75) is 50.9 Å². The maximum absolute atomic E-state index is 11.5. The maximum Gasteiger partial charge on any atom is 0.256 e. The van der Waals surface area contributed by atoms with E-state index in [0.29, 0.717) is 37.3 Å². The molecule has 0 bridgehead atoms. The number of allylic oxidation sites excluding steroid dienone is 2. The van der Waals surface area contributed by atoms with Crippen molar-refractivity contribution in [2.75, 3.05) is 19.8 Å². The van der Waals surface area contributed by atoms with Gasteiger partial charge in [-0.2, -0.15) is 0 Å². The van der Waals surface area contributed by atoms with Gasteiger partial charge < -0.3 is 30.7 Å². The van der Waals surface area contributed by atoms with Crippen molar-refractivity contribution in [3.05, 3.63) is 47.0 Å². The summed E-state index contributed by atoms with van der Waals surface area (Å²) < 4.78 is 5.66. The maximum atomic E-state index is 11.5. The van der Waals surface area contributed by atoms with Gasteiger partial charge in [0.25, 0.3) is 5.17 Å². The van der Waals surface area contributed by atoms with E-state index in [1.54, 1.807) is 6.07 Å². The summed E-state index contributed by atoms with van der Waals surface area (Å²) >= 11 is 11.2. The number of aliphatic hydroxyl groups is 3. The number of aliphatic hydroxyl groups excluding tert-OH is 3. The molecule has 4 unspecified atom stereocenters. The van der Waals surface area contributed by atoms with Crippen LogP contribution < -0.4 is 10.6 Å². The molecule has 1 amide bonds. The van der Waals surface area contributed by atoms with E-state index < -0.39 is 12.2 Å². The second-order valence-electron chi connectivity index (χ2n) is 7.95. The summed E-state index contributed by atoms with van der Waals surface area (Å²) in [6, 6.07) is 7.45. The minimum atomic E-state index is -0.644. The summed E-state index contributed by atoms with van der Waals surface area (Å²) in [7, 11) is 0. The highest BCUT2D eigenvalue weighted by Crippen LogP contribution is 2.35. The first-order valence-corrected chi connectivity index (χ1v) is 11.7. The van der Waals surface area contributed by atoms with Crippen molar-refractivity contribution in [3.8, 4) is 0 Å². The van der Waals surface area contributed by atoms with Crippen molar-refractivity contribution in [2.24, 2.45) is 11.8 Å². The monoisotopic (exact) mass is 484 g/mol. The number of carbonyl (C=O) groups excluding carboxylic acids is 1. The Labute approximate surface area is 199 Å². The number of hydrogen-bond acceptors (Lipinski definition) is 6. The van der Waals surface area contributed by atoms with Crippen LogP contribution in [0.4, 0.5) is 0 Å². The van der Waals surface area contributed by atoms with Crippen LogP contribution in [-0.4, -0.2) is 58.4 Å². The number of halogens is 1. The quantitative estimate of drug-likeness (QED) is 0.176. The molecule has 0 radical (unpaired) electrons. The van der Waals surface area contributed by atoms with E-state index >= 15 is 0 Å². The van der Waals surface area contributed by atoms with Gasteiger partial charge in [-0.15, -0.1) is 0 Å². The molecule has 5 N–H and O–H groups in total. The molecule has 0 spiro atoms. The van der Waals surface area contributed by atoms with Crippen LogP contribution in [0.25, 0.3) is 0 Å². The smallest absolute Gasteiger partial charge is 0.256 e. The van der Waals surface area contributed by atoms with Gasteiger partial charge in [0.05, 0.1) is 25.4 Å². The fourth-order valence-corrected chi connectivity index (χ4v) is 4.17. The Kier molecular flexibility index (Phi) is 12.0. The van der Waals surface area contributed by atoms with E-state index in [4.69, 9.17) is 33.7 Å². The highest BCUT2D eigenvalue weighted by molar-refractivity contribution is 7.80. The van der Waals surface area contributed by atoms with Crippen LogP contribution in [0.3, 0.4) is 0 Å². The van der Waals surface area contributed by atoms with Crippen LogP contribution in [0.2, 0.25) is 5.02 Å². The normalized spacial score (nSPS) is 22.8. The predicted octanol–water partition coefficient (Wildman–Crippen LogP) is 2.31. The number of benzene rings is 1. The van der Waals surface area contributed by atoms with E-state index in [2.05, 4.69) is 10.6 Å². The largest absolute Gasteiger partial charge is 0.471 e. The topological polar surface area (TPSA) is 111 Å². The third-order valence-corrected chi connectivity index (χ3v) is 6.03. The van der Waals surface area contributed by atoms with Gasteiger partial charge in [-0.25, -0.2) is 0 Å². The molecule has 32 heavy (non-hydrogen) atoms. The summed E-state index contributed by atoms with van der Waals surface area (Å²) in [6.07, 6.45) is 5.54. The number of amides is 1. The van der Waals surface area contributed by atoms with Gasteiger partial charge in [0.1, 0.15) is 0 Å². The molecule has 0 aromatic heterocycles. The molecule has 1 aromatic carbocycles. The molecule has 2 rings (SSSR count). The number of thiocarbonyl (C=S) groups is 1. The summed E-state index contributed by atoms with van der Waals surface area (Å²) in [5.41, 5.74) is 0.980. The Hall–Kier alpha value is -1.71. The molecule has 0 saturated heterocycles. The molecule has 1 aliphatic carbocycles. The predicted molar refractivity (Wildman–Crippen MR) is 128 cm³/mol. The average molecular weight is 485 g/mol. The summed E-state index contributed by atoms with van der Waals surface area (Å²) in [5, 5.41) is 35.9. The fraction of sp³-hybridized carbons (Fsp3) is 0.565. The molecule has 0 heterocycles. The molecule has 1 saturated carbocycles. The van der Waals surface area contributed by atoms with Crippen LogP contribution in [0.5, 0.6) is 0 Å². The van der Waals surface area contributed by atoms with Crippen LogP contribution in [0.15, 0.2) is 36.4 Å². The van der Waals surface area contributed by atoms with Crippen molar-refractivity contribution in [3.63, 3.8) is 0 Å². The number of carbonyl (C=O) groups is 1. The first kappa shape index (κ1) is 26.5. The molecule has 0 aliphatic heterocycles. The van der Waals surface area contributed by atoms with Gasteiger partial charge in [-0.3, -0.25) is 4.79 Å². The first-order valence-electron chi connectivity index (χ1n) is 10.9. The molecular weight excluding hydrogens is 452 g/mol. The van der Waals surface area contributed by atoms with Crippen LogP contribution >= 0.6 is 23.8 Å². The second-order valence-corrected chi connectivity index (χ2v) is 8.76. The number of nitrogens with one attached hydrogen (secondary N) is 2. The van der Waals surface area contributed by atoms with Gasteiger partial charge in [-0.05, 0) is 61.5 Å². The van der Waals surface area contributed by atoms with Crippen LogP contribution in [0, 0.1) is 11.8 Å². The second kappa shape index (κ2) is 14.4. The van der Waals surface area contributed by atoms with Gasteiger partial charge in [0.15, 0.2) is 0 Å². The van der Waals surface area contributed by atoms with Gasteiger partial charge >= 0.3 is 0 Å². The van der Waals surface area contributed by atoms with E-state index in [9.17, 15) is 15.0 Å². The Morgan fingerprint density at radius 3 is 2.75 bits per heavy atom.